The molecule has 3 aliphatic heterocycles. The van der Waals surface area contributed by atoms with Crippen molar-refractivity contribution >= 4 is 45.5 Å². The molecule has 4 N–H and O–H groups in total. The van der Waals surface area contributed by atoms with Crippen LogP contribution in [0.15, 0.2) is 29.3 Å². The number of nitrogens with one attached hydrogen (secondary N) is 2. The molecule has 2 aromatic rings. The Bertz CT molecular complexity index is 1260. The van der Waals surface area contributed by atoms with Crippen LogP contribution >= 0.6 is 12.6 Å². The number of hydrogen-bond acceptors (Lipinski definition) is 9. The number of nitrogens with zero attached hydrogens (tertiary/aromatic N) is 4. The Labute approximate surface area is 212 Å². The van der Waals surface area contributed by atoms with Gasteiger partial charge in [0.25, 0.3) is 0 Å². The average Bonchev–Trinajstić information content (AvgIpc) is 3.11. The standard InChI is InChI=1S/C24H33N7O2S2/c1-15-21(34)24(14-33-15)8-11-30(12-9-24)19-13-28-20(22(25)29-19)23(26)31-10-4-5-16-17(31)6-3-7-18(16)35(2,27)32/h3,6-7,13,15,21,26-27,34H,4-5,8-12,14H2,1-2H3,(H2,25,29)/t15?,21-,35?/m1/s1. The molecular weight excluding hydrogens is 482 g/mol. The van der Waals surface area contributed by atoms with Crippen LogP contribution in [0.4, 0.5) is 17.3 Å². The fraction of sp³-hybridized carbons (Fsp3) is 0.542. The number of fused-ring (bicyclic) bond motifs is 1. The topological polar surface area (TPSA) is 132 Å². The maximum atomic E-state index is 12.5. The van der Waals surface area contributed by atoms with E-state index in [1.165, 1.54) is 6.26 Å². The van der Waals surface area contributed by atoms with Crippen LogP contribution in [0.1, 0.15) is 37.4 Å². The second-order valence-corrected chi connectivity index (χ2v) is 12.7. The Kier molecular flexibility index (Phi) is 6.21. The lowest BCUT2D eigenvalue weighted by molar-refractivity contribution is 0.0976. The van der Waals surface area contributed by atoms with Crippen LogP contribution in [-0.4, -0.2) is 63.9 Å². The molecule has 0 saturated carbocycles. The van der Waals surface area contributed by atoms with Crippen molar-refractivity contribution < 1.29 is 8.95 Å². The van der Waals surface area contributed by atoms with Crippen LogP contribution < -0.4 is 15.5 Å². The quantitative estimate of drug-likeness (QED) is 0.280. The molecule has 188 valence electrons. The Morgan fingerprint density at radius 2 is 2.06 bits per heavy atom. The van der Waals surface area contributed by atoms with Gasteiger partial charge < -0.3 is 20.3 Å². The maximum absolute atomic E-state index is 12.5. The molecule has 2 unspecified atom stereocenters. The van der Waals surface area contributed by atoms with Gasteiger partial charge in [0.2, 0.25) is 0 Å². The highest BCUT2D eigenvalue weighted by Crippen LogP contribution is 2.45. The van der Waals surface area contributed by atoms with E-state index in [1.807, 2.05) is 11.0 Å². The summed E-state index contributed by atoms with van der Waals surface area (Å²) in [5, 5.41) is 9.12. The first-order valence-corrected chi connectivity index (χ1v) is 14.5. The Hall–Kier alpha value is -2.37. The molecule has 4 heterocycles. The molecule has 0 radical (unpaired) electrons. The van der Waals surface area contributed by atoms with Gasteiger partial charge in [0.15, 0.2) is 11.7 Å². The van der Waals surface area contributed by atoms with E-state index < -0.39 is 9.73 Å². The van der Waals surface area contributed by atoms with E-state index in [0.29, 0.717) is 17.1 Å². The molecule has 11 heteroatoms. The van der Waals surface area contributed by atoms with Gasteiger partial charge in [-0.25, -0.2) is 19.0 Å². The predicted octanol–water partition coefficient (Wildman–Crippen LogP) is 3.18. The smallest absolute Gasteiger partial charge is 0.155 e. The predicted molar refractivity (Wildman–Crippen MR) is 143 cm³/mol. The van der Waals surface area contributed by atoms with E-state index >= 15 is 0 Å². The van der Waals surface area contributed by atoms with Gasteiger partial charge in [-0.05, 0) is 50.3 Å². The number of aromatic nitrogens is 2. The molecule has 35 heavy (non-hydrogen) atoms. The molecule has 0 amide bonds. The summed E-state index contributed by atoms with van der Waals surface area (Å²) in [6.07, 6.45) is 6.79. The Morgan fingerprint density at radius 1 is 1.31 bits per heavy atom. The summed E-state index contributed by atoms with van der Waals surface area (Å²) in [7, 11) is -2.87. The van der Waals surface area contributed by atoms with Crippen molar-refractivity contribution in [3.63, 3.8) is 0 Å². The van der Waals surface area contributed by atoms with Gasteiger partial charge in [0, 0.05) is 42.2 Å². The molecule has 3 atom stereocenters. The maximum Gasteiger partial charge on any atom is 0.155 e. The van der Waals surface area contributed by atoms with E-state index in [-0.39, 0.29) is 28.4 Å². The zero-order chi connectivity index (χ0) is 25.0. The molecular formula is C24H33N7O2S2. The number of hydrogen-bond donors (Lipinski definition) is 4. The zero-order valence-corrected chi connectivity index (χ0v) is 21.9. The molecule has 2 fully saturated rings. The van der Waals surface area contributed by atoms with Crippen LogP contribution in [0.5, 0.6) is 0 Å². The first-order valence-electron chi connectivity index (χ1n) is 12.0. The molecule has 0 bridgehead atoms. The minimum Gasteiger partial charge on any atom is -0.382 e. The molecule has 9 nitrogen and oxygen atoms in total. The zero-order valence-electron chi connectivity index (χ0n) is 20.2. The van der Waals surface area contributed by atoms with Crippen LogP contribution in [0.2, 0.25) is 0 Å². The Morgan fingerprint density at radius 3 is 2.69 bits per heavy atom. The monoisotopic (exact) mass is 515 g/mol. The minimum absolute atomic E-state index is 0.113. The van der Waals surface area contributed by atoms with Crippen molar-refractivity contribution in [1.29, 1.82) is 10.2 Å². The summed E-state index contributed by atoms with van der Waals surface area (Å²) in [4.78, 5) is 13.8. The first-order chi connectivity index (χ1) is 16.6. The number of amidine groups is 1. The van der Waals surface area contributed by atoms with Crippen molar-refractivity contribution in [3.05, 3.63) is 35.7 Å². The summed E-state index contributed by atoms with van der Waals surface area (Å²) in [6.45, 7) is 5.15. The summed E-state index contributed by atoms with van der Waals surface area (Å²) >= 11 is 4.83. The van der Waals surface area contributed by atoms with Crippen LogP contribution in [0.3, 0.4) is 0 Å². The van der Waals surface area contributed by atoms with Gasteiger partial charge in [0.1, 0.15) is 11.5 Å². The largest absolute Gasteiger partial charge is 0.382 e. The lowest BCUT2D eigenvalue weighted by atomic mass is 9.76. The summed E-state index contributed by atoms with van der Waals surface area (Å²) in [5.41, 5.74) is 8.44. The van der Waals surface area contributed by atoms with E-state index in [0.717, 1.165) is 62.4 Å². The number of ether oxygens (including phenoxy) is 1. The van der Waals surface area contributed by atoms with Gasteiger partial charge in [-0.1, -0.05) is 6.07 Å². The number of thiol groups is 1. The summed E-state index contributed by atoms with van der Waals surface area (Å²) in [6, 6.07) is 5.45. The molecule has 0 aliphatic carbocycles. The van der Waals surface area contributed by atoms with Gasteiger partial charge in [0.05, 0.1) is 33.5 Å². The number of piperidine rings is 1. The van der Waals surface area contributed by atoms with Crippen molar-refractivity contribution in [1.82, 2.24) is 9.97 Å². The van der Waals surface area contributed by atoms with Crippen LogP contribution in [0.25, 0.3) is 0 Å². The summed E-state index contributed by atoms with van der Waals surface area (Å²) < 4.78 is 26.4. The normalized spacial score (nSPS) is 25.3. The third-order valence-electron chi connectivity index (χ3n) is 7.70. The van der Waals surface area contributed by atoms with Gasteiger partial charge in [-0.15, -0.1) is 0 Å². The second kappa shape index (κ2) is 8.94. The number of nitrogens with two attached hydrogens (primary N) is 1. The van der Waals surface area contributed by atoms with Gasteiger partial charge >= 0.3 is 0 Å². The van der Waals surface area contributed by atoms with Gasteiger partial charge in [-0.2, -0.15) is 12.6 Å². The third-order valence-corrected chi connectivity index (χ3v) is 9.89. The minimum atomic E-state index is -2.87. The SMILES string of the molecule is CC1OCC2(CCN(c3cnc(C(=N)N4CCCc5c4cccc5S(C)(=N)=O)c(N)n3)CC2)[C@@H]1S. The van der Waals surface area contributed by atoms with Crippen molar-refractivity contribution in [2.24, 2.45) is 5.41 Å². The number of rotatable bonds is 3. The molecule has 1 spiro atoms. The van der Waals surface area contributed by atoms with E-state index in [2.05, 4.69) is 21.8 Å². The average molecular weight is 516 g/mol. The highest BCUT2D eigenvalue weighted by Gasteiger charge is 2.47. The molecule has 1 aromatic heterocycles. The van der Waals surface area contributed by atoms with E-state index in [1.54, 1.807) is 18.3 Å². The highest BCUT2D eigenvalue weighted by molar-refractivity contribution is 7.91. The van der Waals surface area contributed by atoms with Crippen LogP contribution in [0, 0.1) is 15.6 Å². The number of anilines is 3. The lowest BCUT2D eigenvalue weighted by Gasteiger charge is -2.41. The molecule has 2 saturated heterocycles. The highest BCUT2D eigenvalue weighted by atomic mass is 32.2. The van der Waals surface area contributed by atoms with E-state index in [9.17, 15) is 4.21 Å². The molecule has 5 rings (SSSR count). The van der Waals surface area contributed by atoms with E-state index in [4.69, 9.17) is 33.3 Å². The Balaban J connectivity index is 1.36. The lowest BCUT2D eigenvalue weighted by Crippen LogP contribution is -2.45. The third kappa shape index (κ3) is 4.27. The summed E-state index contributed by atoms with van der Waals surface area (Å²) in [5.74, 6) is 1.11. The number of benzene rings is 1. The fourth-order valence-electron chi connectivity index (χ4n) is 5.64. The van der Waals surface area contributed by atoms with Crippen molar-refractivity contribution in [2.45, 2.75) is 48.9 Å². The second-order valence-electron chi connectivity index (χ2n) is 9.97. The fourth-order valence-corrected chi connectivity index (χ4v) is 7.07. The molecule has 3 aliphatic rings. The van der Waals surface area contributed by atoms with Crippen molar-refractivity contribution in [2.75, 3.05) is 48.0 Å². The number of nitrogen functional groups attached to an aromatic ring is 1. The van der Waals surface area contributed by atoms with Gasteiger partial charge in [-0.3, -0.25) is 5.41 Å². The first kappa shape index (κ1) is 24.3. The molecule has 1 aromatic carbocycles. The van der Waals surface area contributed by atoms with Crippen molar-refractivity contribution in [3.8, 4) is 0 Å². The van der Waals surface area contributed by atoms with Crippen LogP contribution in [-0.2, 0) is 20.9 Å².